The summed E-state index contributed by atoms with van der Waals surface area (Å²) in [6.45, 7) is 1.72. The van der Waals surface area contributed by atoms with Crippen LogP contribution in [0.2, 0.25) is 0 Å². The highest BCUT2D eigenvalue weighted by Gasteiger charge is 2.06. The molecule has 1 rings (SSSR count). The van der Waals surface area contributed by atoms with Crippen LogP contribution in [-0.2, 0) is 11.2 Å². The Bertz CT molecular complexity index is 325. The standard InChI is InChI=1S/C8H10N2O3/c1-5-6(3-7(11)12)4-9-8(10-5)13-2/h4H,3H2,1-2H3,(H,11,12). The van der Waals surface area contributed by atoms with Crippen molar-refractivity contribution in [3.63, 3.8) is 0 Å². The second-order valence-electron chi connectivity index (χ2n) is 2.54. The van der Waals surface area contributed by atoms with Crippen molar-refractivity contribution in [3.05, 3.63) is 17.5 Å². The fourth-order valence-corrected chi connectivity index (χ4v) is 0.906. The fourth-order valence-electron chi connectivity index (χ4n) is 0.906. The van der Waals surface area contributed by atoms with Crippen molar-refractivity contribution in [2.24, 2.45) is 0 Å². The van der Waals surface area contributed by atoms with Crippen molar-refractivity contribution in [3.8, 4) is 6.01 Å². The third-order valence-electron chi connectivity index (χ3n) is 1.58. The van der Waals surface area contributed by atoms with E-state index in [1.165, 1.54) is 13.3 Å². The van der Waals surface area contributed by atoms with E-state index < -0.39 is 5.97 Å². The first-order valence-electron chi connectivity index (χ1n) is 3.71. The normalized spacial score (nSPS) is 9.69. The second kappa shape index (κ2) is 3.84. The lowest BCUT2D eigenvalue weighted by Crippen LogP contribution is -2.05. The van der Waals surface area contributed by atoms with E-state index in [-0.39, 0.29) is 12.4 Å². The van der Waals surface area contributed by atoms with Gasteiger partial charge in [0.25, 0.3) is 0 Å². The Hall–Kier alpha value is -1.65. The van der Waals surface area contributed by atoms with Crippen molar-refractivity contribution >= 4 is 5.97 Å². The zero-order valence-electron chi connectivity index (χ0n) is 7.44. The summed E-state index contributed by atoms with van der Waals surface area (Å²) in [5, 5.41) is 8.53. The average molecular weight is 182 g/mol. The number of carboxylic acids is 1. The molecule has 0 spiro atoms. The largest absolute Gasteiger partial charge is 0.481 e. The van der Waals surface area contributed by atoms with Crippen LogP contribution < -0.4 is 4.74 Å². The molecule has 5 nitrogen and oxygen atoms in total. The van der Waals surface area contributed by atoms with Crippen LogP contribution in [0.3, 0.4) is 0 Å². The number of aromatic nitrogens is 2. The van der Waals surface area contributed by atoms with Crippen molar-refractivity contribution in [1.82, 2.24) is 9.97 Å². The number of aliphatic carboxylic acids is 1. The number of nitrogens with zero attached hydrogens (tertiary/aromatic N) is 2. The zero-order chi connectivity index (χ0) is 9.84. The van der Waals surface area contributed by atoms with Crippen molar-refractivity contribution < 1.29 is 14.6 Å². The van der Waals surface area contributed by atoms with Crippen LogP contribution in [0.1, 0.15) is 11.3 Å². The number of hydrogen-bond donors (Lipinski definition) is 1. The van der Waals surface area contributed by atoms with E-state index >= 15 is 0 Å². The van der Waals surface area contributed by atoms with E-state index in [1.807, 2.05) is 0 Å². The van der Waals surface area contributed by atoms with E-state index in [2.05, 4.69) is 9.97 Å². The van der Waals surface area contributed by atoms with Gasteiger partial charge >= 0.3 is 12.0 Å². The number of aryl methyl sites for hydroxylation is 1. The SMILES string of the molecule is COc1ncc(CC(=O)O)c(C)n1. The first kappa shape index (κ1) is 9.44. The molecule has 1 aromatic heterocycles. The number of ether oxygens (including phenoxy) is 1. The van der Waals surface area contributed by atoms with E-state index in [4.69, 9.17) is 9.84 Å². The summed E-state index contributed by atoms with van der Waals surface area (Å²) in [5.74, 6) is -0.892. The van der Waals surface area contributed by atoms with Gasteiger partial charge < -0.3 is 9.84 Å². The summed E-state index contributed by atoms with van der Waals surface area (Å²) < 4.78 is 4.79. The molecule has 0 aliphatic rings. The lowest BCUT2D eigenvalue weighted by Gasteiger charge is -2.02. The number of rotatable bonds is 3. The number of carboxylic acid groups (broad SMARTS) is 1. The molecule has 0 aromatic carbocycles. The highest BCUT2D eigenvalue weighted by Crippen LogP contribution is 2.08. The Morgan fingerprint density at radius 1 is 1.69 bits per heavy atom. The molecule has 0 atom stereocenters. The molecule has 0 aliphatic heterocycles. The lowest BCUT2D eigenvalue weighted by atomic mass is 10.2. The predicted octanol–water partition coefficient (Wildman–Crippen LogP) is 0.421. The maximum absolute atomic E-state index is 10.4. The third kappa shape index (κ3) is 2.40. The van der Waals surface area contributed by atoms with Crippen LogP contribution >= 0.6 is 0 Å². The Balaban J connectivity index is 2.91. The number of methoxy groups -OCH3 is 1. The van der Waals surface area contributed by atoms with Crippen molar-refractivity contribution in [2.75, 3.05) is 7.11 Å². The molecule has 0 bridgehead atoms. The van der Waals surface area contributed by atoms with Crippen LogP contribution in [0.4, 0.5) is 0 Å². The molecule has 5 heteroatoms. The third-order valence-corrected chi connectivity index (χ3v) is 1.58. The second-order valence-corrected chi connectivity index (χ2v) is 2.54. The first-order chi connectivity index (χ1) is 6.13. The Morgan fingerprint density at radius 2 is 2.38 bits per heavy atom. The van der Waals surface area contributed by atoms with Gasteiger partial charge in [0.15, 0.2) is 0 Å². The summed E-state index contributed by atoms with van der Waals surface area (Å²) in [6.07, 6.45) is 1.41. The predicted molar refractivity (Wildman–Crippen MR) is 44.7 cm³/mol. The summed E-state index contributed by atoms with van der Waals surface area (Å²) >= 11 is 0. The van der Waals surface area contributed by atoms with Crippen LogP contribution in [0.25, 0.3) is 0 Å². The molecule has 0 saturated heterocycles. The molecule has 13 heavy (non-hydrogen) atoms. The molecule has 0 amide bonds. The first-order valence-corrected chi connectivity index (χ1v) is 3.71. The minimum atomic E-state index is -0.892. The summed E-state index contributed by atoms with van der Waals surface area (Å²) in [5.41, 5.74) is 1.24. The Morgan fingerprint density at radius 3 is 2.85 bits per heavy atom. The van der Waals surface area contributed by atoms with Gasteiger partial charge in [0.1, 0.15) is 0 Å². The molecule has 0 aliphatic carbocycles. The fraction of sp³-hybridized carbons (Fsp3) is 0.375. The number of carbonyl (C=O) groups is 1. The van der Waals surface area contributed by atoms with Gasteiger partial charge in [-0.1, -0.05) is 0 Å². The average Bonchev–Trinajstić information content (AvgIpc) is 2.08. The number of hydrogen-bond acceptors (Lipinski definition) is 4. The van der Waals surface area contributed by atoms with Gasteiger partial charge in [-0.2, -0.15) is 0 Å². The Labute approximate surface area is 75.4 Å². The maximum atomic E-state index is 10.4. The molecule has 1 N–H and O–H groups in total. The quantitative estimate of drug-likeness (QED) is 0.733. The van der Waals surface area contributed by atoms with Crippen LogP contribution in [0.5, 0.6) is 6.01 Å². The van der Waals surface area contributed by atoms with Gasteiger partial charge in [0, 0.05) is 17.5 Å². The van der Waals surface area contributed by atoms with Crippen molar-refractivity contribution in [1.29, 1.82) is 0 Å². The van der Waals surface area contributed by atoms with Gasteiger partial charge in [0.05, 0.1) is 13.5 Å². The topological polar surface area (TPSA) is 72.3 Å². The smallest absolute Gasteiger partial charge is 0.316 e. The van der Waals surface area contributed by atoms with Gasteiger partial charge in [-0.05, 0) is 6.92 Å². The van der Waals surface area contributed by atoms with E-state index in [9.17, 15) is 4.79 Å². The minimum Gasteiger partial charge on any atom is -0.481 e. The van der Waals surface area contributed by atoms with E-state index in [0.29, 0.717) is 11.3 Å². The monoisotopic (exact) mass is 182 g/mol. The summed E-state index contributed by atoms with van der Waals surface area (Å²) in [4.78, 5) is 18.2. The van der Waals surface area contributed by atoms with Gasteiger partial charge in [0.2, 0.25) is 0 Å². The maximum Gasteiger partial charge on any atom is 0.316 e. The van der Waals surface area contributed by atoms with Crippen LogP contribution in [0, 0.1) is 6.92 Å². The van der Waals surface area contributed by atoms with E-state index in [0.717, 1.165) is 0 Å². The molecular weight excluding hydrogens is 172 g/mol. The zero-order valence-corrected chi connectivity index (χ0v) is 7.44. The minimum absolute atomic E-state index is 0.0597. The lowest BCUT2D eigenvalue weighted by molar-refractivity contribution is -0.136. The Kier molecular flexibility index (Phi) is 2.79. The molecule has 0 fully saturated rings. The molecule has 70 valence electrons. The highest BCUT2D eigenvalue weighted by atomic mass is 16.5. The van der Waals surface area contributed by atoms with E-state index in [1.54, 1.807) is 6.92 Å². The molecular formula is C8H10N2O3. The van der Waals surface area contributed by atoms with Gasteiger partial charge in [-0.15, -0.1) is 0 Å². The molecule has 1 aromatic rings. The summed E-state index contributed by atoms with van der Waals surface area (Å²) in [6, 6.07) is 0.256. The van der Waals surface area contributed by atoms with Crippen LogP contribution in [0.15, 0.2) is 6.20 Å². The molecule has 0 radical (unpaired) electrons. The highest BCUT2D eigenvalue weighted by molar-refractivity contribution is 5.70. The van der Waals surface area contributed by atoms with Crippen molar-refractivity contribution in [2.45, 2.75) is 13.3 Å². The van der Waals surface area contributed by atoms with Crippen LogP contribution in [-0.4, -0.2) is 28.2 Å². The molecule has 1 heterocycles. The molecule has 0 unspecified atom stereocenters. The van der Waals surface area contributed by atoms with Gasteiger partial charge in [-0.25, -0.2) is 9.97 Å². The molecule has 0 saturated carbocycles. The summed E-state index contributed by atoms with van der Waals surface area (Å²) in [7, 11) is 1.46. The van der Waals surface area contributed by atoms with Gasteiger partial charge in [-0.3, -0.25) is 4.79 Å².